The lowest BCUT2D eigenvalue weighted by atomic mass is 10.2. The molecule has 4 N–H and O–H groups in total. The molecule has 1 unspecified atom stereocenters. The minimum atomic E-state index is -0.0149. The molecule has 0 aliphatic heterocycles. The van der Waals surface area contributed by atoms with Gasteiger partial charge in [0.05, 0.1) is 6.61 Å². The second kappa shape index (κ2) is 8.13. The van der Waals surface area contributed by atoms with Crippen molar-refractivity contribution >= 4 is 17.8 Å². The Morgan fingerprint density at radius 1 is 1.35 bits per heavy atom. The molecule has 1 amide bonds. The third-order valence-electron chi connectivity index (χ3n) is 2.56. The number of ether oxygens (including phenoxy) is 1. The van der Waals surface area contributed by atoms with Crippen molar-refractivity contribution in [2.75, 3.05) is 24.2 Å². The van der Waals surface area contributed by atoms with Crippen LogP contribution in [0.3, 0.4) is 0 Å². The molecule has 8 nitrogen and oxygen atoms in total. The molecule has 1 aromatic rings. The van der Waals surface area contributed by atoms with Gasteiger partial charge in [-0.1, -0.05) is 6.92 Å². The monoisotopic (exact) mass is 282 g/mol. The first-order valence-electron chi connectivity index (χ1n) is 6.72. The summed E-state index contributed by atoms with van der Waals surface area (Å²) < 4.78 is 5.16. The quantitative estimate of drug-likeness (QED) is 0.638. The number of nitrogens with two attached hydrogens (primary N) is 1. The molecule has 0 fully saturated rings. The average molecular weight is 282 g/mol. The van der Waals surface area contributed by atoms with Gasteiger partial charge >= 0.3 is 6.01 Å². The predicted molar refractivity (Wildman–Crippen MR) is 76.4 cm³/mol. The van der Waals surface area contributed by atoms with Crippen LogP contribution in [0, 0.1) is 0 Å². The van der Waals surface area contributed by atoms with Gasteiger partial charge in [-0.2, -0.15) is 15.0 Å². The van der Waals surface area contributed by atoms with Crippen LogP contribution in [0.25, 0.3) is 0 Å². The van der Waals surface area contributed by atoms with E-state index in [-0.39, 0.29) is 23.9 Å². The van der Waals surface area contributed by atoms with Crippen LogP contribution < -0.4 is 21.1 Å². The number of nitrogens with one attached hydrogen (secondary N) is 2. The average Bonchev–Trinajstić information content (AvgIpc) is 2.38. The second-order valence-corrected chi connectivity index (χ2v) is 4.29. The van der Waals surface area contributed by atoms with Gasteiger partial charge in [0.2, 0.25) is 17.8 Å². The van der Waals surface area contributed by atoms with Crippen molar-refractivity contribution in [3.63, 3.8) is 0 Å². The van der Waals surface area contributed by atoms with E-state index in [1.54, 1.807) is 0 Å². The number of carbonyl (C=O) groups is 1. The van der Waals surface area contributed by atoms with E-state index in [0.29, 0.717) is 25.5 Å². The maximum atomic E-state index is 11.6. The molecular weight excluding hydrogens is 260 g/mol. The van der Waals surface area contributed by atoms with E-state index in [1.807, 2.05) is 20.8 Å². The predicted octanol–water partition coefficient (Wildman–Crippen LogP) is 0.569. The molecule has 0 aromatic carbocycles. The fourth-order valence-electron chi connectivity index (χ4n) is 1.38. The summed E-state index contributed by atoms with van der Waals surface area (Å²) >= 11 is 0. The lowest BCUT2D eigenvalue weighted by Crippen LogP contribution is -2.33. The highest BCUT2D eigenvalue weighted by atomic mass is 16.5. The Hall–Kier alpha value is -2.12. The highest BCUT2D eigenvalue weighted by molar-refractivity contribution is 5.76. The Morgan fingerprint density at radius 3 is 2.75 bits per heavy atom. The fourth-order valence-corrected chi connectivity index (χ4v) is 1.38. The lowest BCUT2D eigenvalue weighted by Gasteiger charge is -2.11. The van der Waals surface area contributed by atoms with Crippen molar-refractivity contribution in [2.24, 2.45) is 0 Å². The van der Waals surface area contributed by atoms with Gasteiger partial charge in [0.1, 0.15) is 0 Å². The van der Waals surface area contributed by atoms with Crippen LogP contribution in [0.1, 0.15) is 33.6 Å². The van der Waals surface area contributed by atoms with Crippen LogP contribution in [0.4, 0.5) is 11.9 Å². The van der Waals surface area contributed by atoms with Crippen LogP contribution in [0.5, 0.6) is 6.01 Å². The van der Waals surface area contributed by atoms with Crippen LogP contribution in [-0.2, 0) is 4.79 Å². The SMILES string of the molecule is CCOc1nc(N)nc(NCCC(=O)NC(C)CC)n1. The highest BCUT2D eigenvalue weighted by Gasteiger charge is 2.07. The van der Waals surface area contributed by atoms with Gasteiger partial charge in [0.15, 0.2) is 0 Å². The minimum absolute atomic E-state index is 0.0149. The third kappa shape index (κ3) is 5.68. The Morgan fingerprint density at radius 2 is 2.10 bits per heavy atom. The van der Waals surface area contributed by atoms with E-state index in [4.69, 9.17) is 10.5 Å². The summed E-state index contributed by atoms with van der Waals surface area (Å²) in [4.78, 5) is 23.4. The van der Waals surface area contributed by atoms with E-state index < -0.39 is 0 Å². The maximum Gasteiger partial charge on any atom is 0.323 e. The lowest BCUT2D eigenvalue weighted by molar-refractivity contribution is -0.121. The molecule has 0 bridgehead atoms. The Kier molecular flexibility index (Phi) is 6.48. The van der Waals surface area contributed by atoms with Crippen LogP contribution in [0.2, 0.25) is 0 Å². The molecule has 1 aromatic heterocycles. The van der Waals surface area contributed by atoms with Gasteiger partial charge in [-0.15, -0.1) is 0 Å². The third-order valence-corrected chi connectivity index (χ3v) is 2.56. The standard InChI is InChI=1S/C12H22N6O2/c1-4-8(3)15-9(19)6-7-14-11-16-10(13)17-12(18-11)20-5-2/h8H,4-7H2,1-3H3,(H,15,19)(H3,13,14,16,17,18). The summed E-state index contributed by atoms with van der Waals surface area (Å²) in [5.41, 5.74) is 5.54. The van der Waals surface area contributed by atoms with Gasteiger partial charge in [-0.3, -0.25) is 4.79 Å². The summed E-state index contributed by atoms with van der Waals surface area (Å²) in [5, 5.41) is 5.80. The van der Waals surface area contributed by atoms with E-state index in [2.05, 4.69) is 25.6 Å². The number of nitrogen functional groups attached to an aromatic ring is 1. The number of nitrogens with zero attached hydrogens (tertiary/aromatic N) is 3. The topological polar surface area (TPSA) is 115 Å². The smallest absolute Gasteiger partial charge is 0.323 e. The van der Waals surface area contributed by atoms with E-state index in [0.717, 1.165) is 6.42 Å². The second-order valence-electron chi connectivity index (χ2n) is 4.29. The summed E-state index contributed by atoms with van der Waals surface area (Å²) in [6, 6.07) is 0.353. The number of hydrogen-bond donors (Lipinski definition) is 3. The molecule has 0 saturated heterocycles. The molecule has 1 heterocycles. The highest BCUT2D eigenvalue weighted by Crippen LogP contribution is 2.08. The fraction of sp³-hybridized carbons (Fsp3) is 0.667. The maximum absolute atomic E-state index is 11.6. The molecule has 20 heavy (non-hydrogen) atoms. The minimum Gasteiger partial charge on any atom is -0.464 e. The number of rotatable bonds is 8. The summed E-state index contributed by atoms with van der Waals surface area (Å²) in [6.45, 7) is 6.67. The van der Waals surface area contributed by atoms with Gasteiger partial charge in [-0.25, -0.2) is 0 Å². The van der Waals surface area contributed by atoms with Crippen molar-refractivity contribution in [3.05, 3.63) is 0 Å². The molecule has 8 heteroatoms. The largest absolute Gasteiger partial charge is 0.464 e. The number of aromatic nitrogens is 3. The van der Waals surface area contributed by atoms with Crippen molar-refractivity contribution in [1.82, 2.24) is 20.3 Å². The zero-order valence-corrected chi connectivity index (χ0v) is 12.1. The van der Waals surface area contributed by atoms with E-state index >= 15 is 0 Å². The van der Waals surface area contributed by atoms with Gasteiger partial charge in [0, 0.05) is 19.0 Å². The van der Waals surface area contributed by atoms with Gasteiger partial charge in [0.25, 0.3) is 0 Å². The van der Waals surface area contributed by atoms with Crippen molar-refractivity contribution in [3.8, 4) is 6.01 Å². The zero-order chi connectivity index (χ0) is 15.0. The van der Waals surface area contributed by atoms with Crippen molar-refractivity contribution < 1.29 is 9.53 Å². The summed E-state index contributed by atoms with van der Waals surface area (Å²) in [6.07, 6.45) is 1.24. The molecule has 112 valence electrons. The van der Waals surface area contributed by atoms with Crippen LogP contribution >= 0.6 is 0 Å². The molecule has 0 aliphatic carbocycles. The van der Waals surface area contributed by atoms with Crippen molar-refractivity contribution in [2.45, 2.75) is 39.7 Å². The summed E-state index contributed by atoms with van der Waals surface area (Å²) in [7, 11) is 0. The van der Waals surface area contributed by atoms with E-state index in [1.165, 1.54) is 0 Å². The van der Waals surface area contributed by atoms with Gasteiger partial charge in [-0.05, 0) is 20.3 Å². The first kappa shape index (κ1) is 15.9. The normalized spacial score (nSPS) is 11.8. The first-order valence-corrected chi connectivity index (χ1v) is 6.72. The summed E-state index contributed by atoms with van der Waals surface area (Å²) in [5.74, 6) is 0.367. The molecule has 1 atom stereocenters. The Balaban J connectivity index is 2.43. The number of amides is 1. The Bertz CT molecular complexity index is 440. The number of carbonyl (C=O) groups excluding carboxylic acids is 1. The van der Waals surface area contributed by atoms with Gasteiger partial charge < -0.3 is 21.1 Å². The van der Waals surface area contributed by atoms with Crippen LogP contribution in [0.15, 0.2) is 0 Å². The molecule has 0 spiro atoms. The zero-order valence-electron chi connectivity index (χ0n) is 12.1. The molecular formula is C12H22N6O2. The van der Waals surface area contributed by atoms with Crippen molar-refractivity contribution in [1.29, 1.82) is 0 Å². The molecule has 1 rings (SSSR count). The molecule has 0 radical (unpaired) electrons. The molecule has 0 aliphatic rings. The van der Waals surface area contributed by atoms with E-state index in [9.17, 15) is 4.79 Å². The Labute approximate surface area is 118 Å². The number of anilines is 2. The molecule has 0 saturated carbocycles. The number of hydrogen-bond acceptors (Lipinski definition) is 7. The first-order chi connectivity index (χ1) is 9.55. The van der Waals surface area contributed by atoms with Crippen LogP contribution in [-0.4, -0.2) is 40.1 Å².